The topological polar surface area (TPSA) is 99.4 Å². The van der Waals surface area contributed by atoms with Crippen molar-refractivity contribution in [3.05, 3.63) is 78.3 Å². The zero-order valence-corrected chi connectivity index (χ0v) is 16.2. The number of furan rings is 1. The van der Waals surface area contributed by atoms with Crippen LogP contribution in [-0.2, 0) is 4.79 Å². The number of amides is 1. The van der Waals surface area contributed by atoms with E-state index in [0.29, 0.717) is 29.4 Å². The molecule has 1 amide bonds. The van der Waals surface area contributed by atoms with E-state index in [-0.39, 0.29) is 12.4 Å². The monoisotopic (exact) mass is 408 g/mol. The van der Waals surface area contributed by atoms with E-state index < -0.39 is 11.9 Å². The van der Waals surface area contributed by atoms with Gasteiger partial charge in [-0.15, -0.1) is 0 Å². The van der Waals surface area contributed by atoms with Gasteiger partial charge in [0.2, 0.25) is 5.76 Å². The lowest BCUT2D eigenvalue weighted by molar-refractivity contribution is -0.123. The van der Waals surface area contributed by atoms with E-state index in [1.165, 1.54) is 18.5 Å². The van der Waals surface area contributed by atoms with E-state index in [0.717, 1.165) is 0 Å². The molecule has 154 valence electrons. The Morgan fingerprint density at radius 1 is 1.00 bits per heavy atom. The Labute approximate surface area is 173 Å². The predicted molar refractivity (Wildman–Crippen MR) is 109 cm³/mol. The number of ether oxygens (including phenoxy) is 3. The van der Waals surface area contributed by atoms with Gasteiger partial charge in [-0.1, -0.05) is 12.1 Å². The highest BCUT2D eigenvalue weighted by molar-refractivity contribution is 5.88. The molecule has 0 saturated carbocycles. The third kappa shape index (κ3) is 5.96. The number of carbonyl (C=O) groups excluding carboxylic acids is 2. The van der Waals surface area contributed by atoms with E-state index in [2.05, 4.69) is 10.5 Å². The second kappa shape index (κ2) is 10.5. The van der Waals surface area contributed by atoms with Crippen LogP contribution in [0.4, 0.5) is 0 Å². The van der Waals surface area contributed by atoms with E-state index in [1.54, 1.807) is 48.5 Å². The molecule has 3 aromatic rings. The standard InChI is InChI=1S/C22H20N2O6/c1-2-27-18-6-3-4-7-19(18)29-15-21(25)24-23-14-16-9-11-17(12-10-16)30-22(26)20-8-5-13-28-20/h3-14H,2,15H2,1H3,(H,24,25). The molecule has 0 aliphatic heterocycles. The van der Waals surface area contributed by atoms with Crippen molar-refractivity contribution in [2.45, 2.75) is 6.92 Å². The van der Waals surface area contributed by atoms with Crippen LogP contribution in [0.15, 0.2) is 76.4 Å². The molecule has 8 nitrogen and oxygen atoms in total. The minimum atomic E-state index is -0.584. The van der Waals surface area contributed by atoms with Gasteiger partial charge in [-0.05, 0) is 61.0 Å². The molecule has 2 aromatic carbocycles. The number of hydrogen-bond acceptors (Lipinski definition) is 7. The summed E-state index contributed by atoms with van der Waals surface area (Å²) in [7, 11) is 0. The van der Waals surface area contributed by atoms with E-state index in [1.807, 2.05) is 13.0 Å². The van der Waals surface area contributed by atoms with Gasteiger partial charge in [0.15, 0.2) is 18.1 Å². The van der Waals surface area contributed by atoms with Crippen molar-refractivity contribution < 1.29 is 28.2 Å². The van der Waals surface area contributed by atoms with Crippen LogP contribution >= 0.6 is 0 Å². The smallest absolute Gasteiger partial charge is 0.379 e. The number of hydrogen-bond donors (Lipinski definition) is 1. The molecule has 0 aliphatic rings. The van der Waals surface area contributed by atoms with Crippen LogP contribution in [-0.4, -0.2) is 31.3 Å². The molecule has 0 spiro atoms. The summed E-state index contributed by atoms with van der Waals surface area (Å²) in [5.74, 6) is 0.539. The third-order valence-corrected chi connectivity index (χ3v) is 3.72. The molecule has 0 saturated heterocycles. The number of nitrogens with zero attached hydrogens (tertiary/aromatic N) is 1. The first-order valence-corrected chi connectivity index (χ1v) is 9.18. The Kier molecular flexibility index (Phi) is 7.21. The zero-order chi connectivity index (χ0) is 21.2. The van der Waals surface area contributed by atoms with Gasteiger partial charge in [-0.3, -0.25) is 4.79 Å². The van der Waals surface area contributed by atoms with Gasteiger partial charge in [-0.25, -0.2) is 10.2 Å². The molecule has 1 heterocycles. The van der Waals surface area contributed by atoms with Crippen LogP contribution < -0.4 is 19.6 Å². The zero-order valence-electron chi connectivity index (χ0n) is 16.2. The summed E-state index contributed by atoms with van der Waals surface area (Å²) < 4.78 is 21.1. The quantitative estimate of drug-likeness (QED) is 0.252. The molecule has 3 rings (SSSR count). The second-order valence-electron chi connectivity index (χ2n) is 5.90. The molecule has 0 unspecified atom stereocenters. The minimum Gasteiger partial charge on any atom is -0.490 e. The Morgan fingerprint density at radius 2 is 1.73 bits per heavy atom. The molecule has 1 aromatic heterocycles. The van der Waals surface area contributed by atoms with Gasteiger partial charge >= 0.3 is 5.97 Å². The molecule has 0 bridgehead atoms. The van der Waals surface area contributed by atoms with Gasteiger partial charge in [0, 0.05) is 0 Å². The summed E-state index contributed by atoms with van der Waals surface area (Å²) in [5, 5.41) is 3.89. The highest BCUT2D eigenvalue weighted by Crippen LogP contribution is 2.26. The first-order valence-electron chi connectivity index (χ1n) is 9.18. The lowest BCUT2D eigenvalue weighted by Crippen LogP contribution is -2.24. The van der Waals surface area contributed by atoms with Crippen molar-refractivity contribution >= 4 is 18.1 Å². The van der Waals surface area contributed by atoms with E-state index >= 15 is 0 Å². The number of carbonyl (C=O) groups is 2. The lowest BCUT2D eigenvalue weighted by atomic mass is 10.2. The SMILES string of the molecule is CCOc1ccccc1OCC(=O)NN=Cc1ccc(OC(=O)c2ccco2)cc1. The van der Waals surface area contributed by atoms with Gasteiger partial charge in [0.1, 0.15) is 5.75 Å². The molecule has 0 radical (unpaired) electrons. The van der Waals surface area contributed by atoms with Crippen molar-refractivity contribution in [3.8, 4) is 17.2 Å². The normalized spacial score (nSPS) is 10.6. The average Bonchev–Trinajstić information content (AvgIpc) is 3.30. The van der Waals surface area contributed by atoms with Crippen LogP contribution in [0.25, 0.3) is 0 Å². The third-order valence-electron chi connectivity index (χ3n) is 3.72. The van der Waals surface area contributed by atoms with E-state index in [4.69, 9.17) is 18.6 Å². The van der Waals surface area contributed by atoms with Crippen molar-refractivity contribution in [1.82, 2.24) is 5.43 Å². The first kappa shape index (κ1) is 20.7. The Bertz CT molecular complexity index is 997. The van der Waals surface area contributed by atoms with Crippen LogP contribution in [0.3, 0.4) is 0 Å². The maximum atomic E-state index is 11.9. The fourth-order valence-corrected chi connectivity index (χ4v) is 2.37. The first-order chi connectivity index (χ1) is 14.7. The summed E-state index contributed by atoms with van der Waals surface area (Å²) >= 11 is 0. The van der Waals surface area contributed by atoms with Crippen LogP contribution in [0.5, 0.6) is 17.2 Å². The highest BCUT2D eigenvalue weighted by atomic mass is 16.5. The number of esters is 1. The molecule has 0 fully saturated rings. The van der Waals surface area contributed by atoms with Gasteiger partial charge in [-0.2, -0.15) is 5.10 Å². The van der Waals surface area contributed by atoms with Crippen LogP contribution in [0, 0.1) is 0 Å². The van der Waals surface area contributed by atoms with Gasteiger partial charge in [0.05, 0.1) is 19.1 Å². The number of rotatable bonds is 9. The molecule has 8 heteroatoms. The Hall–Kier alpha value is -4.07. The number of nitrogens with one attached hydrogen (secondary N) is 1. The molecule has 0 atom stereocenters. The summed E-state index contributed by atoms with van der Waals surface area (Å²) in [4.78, 5) is 23.7. The van der Waals surface area contributed by atoms with E-state index in [9.17, 15) is 9.59 Å². The predicted octanol–water partition coefficient (Wildman–Crippen LogP) is 3.43. The second-order valence-corrected chi connectivity index (χ2v) is 5.90. The molecule has 0 aliphatic carbocycles. The summed E-state index contributed by atoms with van der Waals surface area (Å²) in [6, 6.07) is 16.8. The Morgan fingerprint density at radius 3 is 2.40 bits per heavy atom. The largest absolute Gasteiger partial charge is 0.490 e. The minimum absolute atomic E-state index is 0.120. The lowest BCUT2D eigenvalue weighted by Gasteiger charge is -2.10. The number of para-hydroxylation sites is 2. The van der Waals surface area contributed by atoms with Crippen LogP contribution in [0.2, 0.25) is 0 Å². The molecule has 1 N–H and O–H groups in total. The maximum Gasteiger partial charge on any atom is 0.379 e. The molecular weight excluding hydrogens is 388 g/mol. The fourth-order valence-electron chi connectivity index (χ4n) is 2.37. The van der Waals surface area contributed by atoms with Gasteiger partial charge in [0.25, 0.3) is 5.91 Å². The average molecular weight is 408 g/mol. The summed E-state index contributed by atoms with van der Waals surface area (Å²) in [6.07, 6.45) is 2.86. The Balaban J connectivity index is 1.46. The van der Waals surface area contributed by atoms with Crippen molar-refractivity contribution in [2.24, 2.45) is 5.10 Å². The number of benzene rings is 2. The van der Waals surface area contributed by atoms with Gasteiger partial charge < -0.3 is 18.6 Å². The van der Waals surface area contributed by atoms with Crippen molar-refractivity contribution in [3.63, 3.8) is 0 Å². The van der Waals surface area contributed by atoms with Crippen molar-refractivity contribution in [2.75, 3.05) is 13.2 Å². The highest BCUT2D eigenvalue weighted by Gasteiger charge is 2.11. The molecule has 30 heavy (non-hydrogen) atoms. The number of hydrazone groups is 1. The summed E-state index contributed by atoms with van der Waals surface area (Å²) in [6.45, 7) is 2.16. The molecular formula is C22H20N2O6. The summed E-state index contributed by atoms with van der Waals surface area (Å²) in [5.41, 5.74) is 3.09. The maximum absolute atomic E-state index is 11.9. The van der Waals surface area contributed by atoms with Crippen LogP contribution in [0.1, 0.15) is 23.0 Å². The van der Waals surface area contributed by atoms with Crippen molar-refractivity contribution in [1.29, 1.82) is 0 Å². The fraction of sp³-hybridized carbons (Fsp3) is 0.136.